The lowest BCUT2D eigenvalue weighted by molar-refractivity contribution is -0.166. The molecule has 0 aromatic heterocycles. The lowest BCUT2D eigenvalue weighted by Gasteiger charge is -2.22. The van der Waals surface area contributed by atoms with Crippen molar-refractivity contribution in [2.24, 2.45) is 5.92 Å². The number of carbonyl (C=O) groups is 3. The number of hydroxylamine groups is 1. The average molecular weight is 321 g/mol. The van der Waals surface area contributed by atoms with E-state index in [9.17, 15) is 14.4 Å². The van der Waals surface area contributed by atoms with Crippen LogP contribution >= 0.6 is 0 Å². The summed E-state index contributed by atoms with van der Waals surface area (Å²) in [5, 5.41) is 0. The minimum atomic E-state index is -0.867. The number of esters is 1. The second kappa shape index (κ2) is 8.92. The van der Waals surface area contributed by atoms with Crippen molar-refractivity contribution >= 4 is 17.8 Å². The standard InChI is InChI=1S/C17H23NO5/c1-5-13-6-8-14(9-7-13)17(11(2)3)22-15(20)10-16(21)23-18-12(4)19/h6-9,11,17H,5,10H2,1-4H3,(H,18,19). The third-order valence-corrected chi connectivity index (χ3v) is 3.18. The molecule has 1 aromatic rings. The SMILES string of the molecule is CCc1ccc(C(OC(=O)CC(=O)ONC(C)=O)C(C)C)cc1. The van der Waals surface area contributed by atoms with Crippen LogP contribution < -0.4 is 5.48 Å². The topological polar surface area (TPSA) is 81.7 Å². The summed E-state index contributed by atoms with van der Waals surface area (Å²) in [6, 6.07) is 7.83. The van der Waals surface area contributed by atoms with Crippen LogP contribution in [0.5, 0.6) is 0 Å². The highest BCUT2D eigenvalue weighted by Crippen LogP contribution is 2.26. The molecule has 0 saturated heterocycles. The van der Waals surface area contributed by atoms with Gasteiger partial charge in [-0.3, -0.25) is 9.59 Å². The summed E-state index contributed by atoms with van der Waals surface area (Å²) in [5.74, 6) is -2.03. The number of ether oxygens (including phenoxy) is 1. The molecule has 1 amide bonds. The Morgan fingerprint density at radius 1 is 1.09 bits per heavy atom. The third-order valence-electron chi connectivity index (χ3n) is 3.18. The molecule has 0 radical (unpaired) electrons. The van der Waals surface area contributed by atoms with Gasteiger partial charge in [0.2, 0.25) is 5.91 Å². The van der Waals surface area contributed by atoms with Crippen LogP contribution in [-0.4, -0.2) is 17.8 Å². The van der Waals surface area contributed by atoms with Crippen LogP contribution in [0.3, 0.4) is 0 Å². The van der Waals surface area contributed by atoms with Crippen molar-refractivity contribution in [2.75, 3.05) is 0 Å². The van der Waals surface area contributed by atoms with Gasteiger partial charge in [-0.1, -0.05) is 45.0 Å². The fourth-order valence-electron chi connectivity index (χ4n) is 2.00. The number of carbonyl (C=O) groups excluding carboxylic acids is 3. The van der Waals surface area contributed by atoms with Crippen molar-refractivity contribution in [3.05, 3.63) is 35.4 Å². The minimum absolute atomic E-state index is 0.0535. The molecule has 0 bridgehead atoms. The Balaban J connectivity index is 2.66. The molecule has 0 fully saturated rings. The summed E-state index contributed by atoms with van der Waals surface area (Å²) in [4.78, 5) is 38.3. The van der Waals surface area contributed by atoms with Crippen LogP contribution in [0.1, 0.15) is 51.3 Å². The summed E-state index contributed by atoms with van der Waals surface area (Å²) >= 11 is 0. The molecule has 6 nitrogen and oxygen atoms in total. The Morgan fingerprint density at radius 2 is 1.70 bits per heavy atom. The molecule has 0 aliphatic heterocycles. The maximum absolute atomic E-state index is 11.9. The van der Waals surface area contributed by atoms with Crippen molar-refractivity contribution in [1.82, 2.24) is 5.48 Å². The number of benzene rings is 1. The molecule has 1 N–H and O–H groups in total. The predicted octanol–water partition coefficient (Wildman–Crippen LogP) is 2.47. The number of hydrogen-bond donors (Lipinski definition) is 1. The van der Waals surface area contributed by atoms with E-state index in [-0.39, 0.29) is 5.92 Å². The highest BCUT2D eigenvalue weighted by Gasteiger charge is 2.22. The van der Waals surface area contributed by atoms with Gasteiger partial charge in [0.1, 0.15) is 12.5 Å². The first-order valence-electron chi connectivity index (χ1n) is 7.58. The zero-order valence-corrected chi connectivity index (χ0v) is 13.9. The van der Waals surface area contributed by atoms with Crippen LogP contribution in [0.4, 0.5) is 0 Å². The van der Waals surface area contributed by atoms with Gasteiger partial charge in [0.15, 0.2) is 0 Å². The Hall–Kier alpha value is -2.37. The molecule has 0 saturated carbocycles. The van der Waals surface area contributed by atoms with Gasteiger partial charge in [-0.2, -0.15) is 5.48 Å². The second-order valence-electron chi connectivity index (χ2n) is 5.56. The fourth-order valence-corrected chi connectivity index (χ4v) is 2.00. The van der Waals surface area contributed by atoms with E-state index < -0.39 is 30.4 Å². The van der Waals surface area contributed by atoms with Gasteiger partial charge in [0.05, 0.1) is 0 Å². The van der Waals surface area contributed by atoms with E-state index in [2.05, 4.69) is 11.8 Å². The molecule has 0 aliphatic carbocycles. The smallest absolute Gasteiger partial charge is 0.343 e. The van der Waals surface area contributed by atoms with Crippen LogP contribution in [-0.2, 0) is 30.4 Å². The maximum atomic E-state index is 11.9. The number of nitrogens with one attached hydrogen (secondary N) is 1. The number of hydrogen-bond acceptors (Lipinski definition) is 5. The van der Waals surface area contributed by atoms with E-state index in [4.69, 9.17) is 4.74 Å². The zero-order chi connectivity index (χ0) is 17.4. The number of aryl methyl sites for hydroxylation is 1. The largest absolute Gasteiger partial charge is 0.457 e. The van der Waals surface area contributed by atoms with Crippen LogP contribution in [0, 0.1) is 5.92 Å². The van der Waals surface area contributed by atoms with E-state index in [1.165, 1.54) is 12.5 Å². The molecule has 23 heavy (non-hydrogen) atoms. The zero-order valence-electron chi connectivity index (χ0n) is 13.9. The second-order valence-corrected chi connectivity index (χ2v) is 5.56. The normalized spacial score (nSPS) is 11.7. The summed E-state index contributed by atoms with van der Waals surface area (Å²) in [5.41, 5.74) is 3.95. The van der Waals surface area contributed by atoms with Gasteiger partial charge in [0, 0.05) is 6.92 Å². The van der Waals surface area contributed by atoms with Gasteiger partial charge in [0.25, 0.3) is 0 Å². The Kier molecular flexibility index (Phi) is 7.25. The third kappa shape index (κ3) is 6.50. The number of rotatable bonds is 6. The highest BCUT2D eigenvalue weighted by atomic mass is 16.7. The lowest BCUT2D eigenvalue weighted by atomic mass is 9.97. The molecule has 6 heteroatoms. The highest BCUT2D eigenvalue weighted by molar-refractivity contribution is 5.91. The fraction of sp³-hybridized carbons (Fsp3) is 0.471. The predicted molar refractivity (Wildman–Crippen MR) is 84.0 cm³/mol. The van der Waals surface area contributed by atoms with Crippen molar-refractivity contribution in [2.45, 2.75) is 46.6 Å². The first kappa shape index (κ1) is 18.7. The summed E-state index contributed by atoms with van der Waals surface area (Å²) in [7, 11) is 0. The molecule has 0 heterocycles. The van der Waals surface area contributed by atoms with Gasteiger partial charge >= 0.3 is 11.9 Å². The van der Waals surface area contributed by atoms with E-state index in [1.54, 1.807) is 0 Å². The van der Waals surface area contributed by atoms with Gasteiger partial charge in [-0.25, -0.2) is 4.79 Å². The molecule has 0 aliphatic rings. The number of amides is 1. The molecule has 1 atom stereocenters. The van der Waals surface area contributed by atoms with Crippen LogP contribution in [0.2, 0.25) is 0 Å². The van der Waals surface area contributed by atoms with Crippen LogP contribution in [0.15, 0.2) is 24.3 Å². The lowest BCUT2D eigenvalue weighted by Crippen LogP contribution is -2.27. The van der Waals surface area contributed by atoms with E-state index >= 15 is 0 Å². The molecule has 126 valence electrons. The molecule has 1 aromatic carbocycles. The first-order valence-corrected chi connectivity index (χ1v) is 7.58. The molecular formula is C17H23NO5. The molecular weight excluding hydrogens is 298 g/mol. The van der Waals surface area contributed by atoms with Gasteiger partial charge in [-0.05, 0) is 23.5 Å². The Morgan fingerprint density at radius 3 is 2.17 bits per heavy atom. The van der Waals surface area contributed by atoms with Crippen LogP contribution in [0.25, 0.3) is 0 Å². The molecule has 1 unspecified atom stereocenters. The average Bonchev–Trinajstić information content (AvgIpc) is 2.50. The summed E-state index contributed by atoms with van der Waals surface area (Å²) in [6.07, 6.45) is -0.0697. The van der Waals surface area contributed by atoms with Crippen molar-refractivity contribution in [1.29, 1.82) is 0 Å². The van der Waals surface area contributed by atoms with E-state index in [0.717, 1.165) is 12.0 Å². The first-order chi connectivity index (χ1) is 10.8. The summed E-state index contributed by atoms with van der Waals surface area (Å²) in [6.45, 7) is 7.12. The van der Waals surface area contributed by atoms with E-state index in [0.29, 0.717) is 0 Å². The van der Waals surface area contributed by atoms with E-state index in [1.807, 2.05) is 43.6 Å². The minimum Gasteiger partial charge on any atom is -0.457 e. The van der Waals surface area contributed by atoms with Gasteiger partial charge < -0.3 is 9.57 Å². The Bertz CT molecular complexity index is 551. The molecule has 1 rings (SSSR count). The maximum Gasteiger partial charge on any atom is 0.343 e. The molecule has 0 spiro atoms. The van der Waals surface area contributed by atoms with Crippen molar-refractivity contribution < 1.29 is 24.0 Å². The Labute approximate surface area is 136 Å². The quantitative estimate of drug-likeness (QED) is 0.494. The summed E-state index contributed by atoms with van der Waals surface area (Å²) < 4.78 is 5.40. The monoisotopic (exact) mass is 321 g/mol. The van der Waals surface area contributed by atoms with Gasteiger partial charge in [-0.15, -0.1) is 0 Å². The van der Waals surface area contributed by atoms with Crippen molar-refractivity contribution in [3.63, 3.8) is 0 Å². The van der Waals surface area contributed by atoms with Crippen molar-refractivity contribution in [3.8, 4) is 0 Å².